The van der Waals surface area contributed by atoms with E-state index >= 15 is 0 Å². The van der Waals surface area contributed by atoms with E-state index in [4.69, 9.17) is 9.47 Å². The summed E-state index contributed by atoms with van der Waals surface area (Å²) in [5, 5.41) is 0. The summed E-state index contributed by atoms with van der Waals surface area (Å²) in [6.07, 6.45) is 4.27. The van der Waals surface area contributed by atoms with Gasteiger partial charge in [-0.05, 0) is 31.2 Å². The minimum Gasteiger partial charge on any atom is -0.496 e. The number of allylic oxidation sites excluding steroid dienone is 1. The Hall–Kier alpha value is -1.28. The van der Waals surface area contributed by atoms with Crippen molar-refractivity contribution < 1.29 is 9.47 Å². The quantitative estimate of drug-likeness (QED) is 0.633. The molecule has 0 aliphatic heterocycles. The third-order valence-electron chi connectivity index (χ3n) is 3.77. The topological polar surface area (TPSA) is 18.5 Å². The van der Waals surface area contributed by atoms with E-state index in [1.165, 1.54) is 11.1 Å². The van der Waals surface area contributed by atoms with Gasteiger partial charge in [0.1, 0.15) is 5.75 Å². The van der Waals surface area contributed by atoms with Crippen molar-refractivity contribution in [3.05, 3.63) is 41.0 Å². The summed E-state index contributed by atoms with van der Waals surface area (Å²) >= 11 is 0. The predicted octanol–water partition coefficient (Wildman–Crippen LogP) is 5.25. The van der Waals surface area contributed by atoms with E-state index in [2.05, 4.69) is 52.0 Å². The molecule has 1 rings (SSSR count). The maximum atomic E-state index is 5.68. The highest BCUT2D eigenvalue weighted by atomic mass is 16.5. The van der Waals surface area contributed by atoms with Crippen LogP contribution >= 0.6 is 0 Å². The van der Waals surface area contributed by atoms with E-state index in [1.54, 1.807) is 14.2 Å². The molecule has 0 fully saturated rings. The maximum Gasteiger partial charge on any atom is 0.128 e. The highest BCUT2D eigenvalue weighted by molar-refractivity contribution is 5.44. The third kappa shape index (κ3) is 4.11. The summed E-state index contributed by atoms with van der Waals surface area (Å²) in [4.78, 5) is 0. The van der Waals surface area contributed by atoms with Crippen molar-refractivity contribution >= 4 is 0 Å². The summed E-state index contributed by atoms with van der Waals surface area (Å²) in [6, 6.07) is 6.33. The Morgan fingerprint density at radius 3 is 2.35 bits per heavy atom. The van der Waals surface area contributed by atoms with Crippen LogP contribution in [-0.2, 0) is 4.74 Å². The lowest BCUT2D eigenvalue weighted by Gasteiger charge is -2.21. The van der Waals surface area contributed by atoms with Crippen molar-refractivity contribution in [3.8, 4) is 5.75 Å². The molecule has 1 unspecified atom stereocenters. The van der Waals surface area contributed by atoms with E-state index in [0.717, 1.165) is 24.2 Å². The Morgan fingerprint density at radius 1 is 1.20 bits per heavy atom. The number of hydrogen-bond acceptors (Lipinski definition) is 2. The van der Waals surface area contributed by atoms with Crippen LogP contribution < -0.4 is 4.74 Å². The fraction of sp³-hybridized carbons (Fsp3) is 0.556. The SMILES string of the molecule is CC/C(C)=C/CC(OC)c1cccc(C(C)C)c1OC. The van der Waals surface area contributed by atoms with Gasteiger partial charge in [-0.2, -0.15) is 0 Å². The van der Waals surface area contributed by atoms with Gasteiger partial charge in [0.15, 0.2) is 0 Å². The second-order valence-corrected chi connectivity index (χ2v) is 5.49. The van der Waals surface area contributed by atoms with Crippen LogP contribution in [0.4, 0.5) is 0 Å². The Kier molecular flexibility index (Phi) is 6.80. The lowest BCUT2D eigenvalue weighted by atomic mass is 9.95. The molecule has 0 aromatic heterocycles. The van der Waals surface area contributed by atoms with Gasteiger partial charge in [-0.15, -0.1) is 0 Å². The number of rotatable bonds is 7. The molecule has 0 N–H and O–H groups in total. The second-order valence-electron chi connectivity index (χ2n) is 5.49. The molecule has 112 valence electrons. The average molecular weight is 276 g/mol. The largest absolute Gasteiger partial charge is 0.496 e. The first-order valence-corrected chi connectivity index (χ1v) is 7.40. The minimum atomic E-state index is 0.0464. The van der Waals surface area contributed by atoms with E-state index in [0.29, 0.717) is 5.92 Å². The molecule has 1 atom stereocenters. The molecular formula is C18H28O2. The summed E-state index contributed by atoms with van der Waals surface area (Å²) in [5.74, 6) is 1.41. The molecular weight excluding hydrogens is 248 g/mol. The molecule has 0 heterocycles. The maximum absolute atomic E-state index is 5.68. The fourth-order valence-electron chi connectivity index (χ4n) is 2.32. The van der Waals surface area contributed by atoms with Gasteiger partial charge in [-0.1, -0.05) is 50.6 Å². The lowest BCUT2D eigenvalue weighted by Crippen LogP contribution is -2.06. The predicted molar refractivity (Wildman–Crippen MR) is 85.5 cm³/mol. The number of hydrogen-bond donors (Lipinski definition) is 0. The standard InChI is InChI=1S/C18H28O2/c1-7-14(4)11-12-17(19-5)16-10-8-9-15(13(2)3)18(16)20-6/h8-11,13,17H,7,12H2,1-6H3/b14-11+. The molecule has 1 aromatic carbocycles. The average Bonchev–Trinajstić information content (AvgIpc) is 2.46. The summed E-state index contributed by atoms with van der Waals surface area (Å²) in [5.41, 5.74) is 3.77. The number of ether oxygens (including phenoxy) is 2. The summed E-state index contributed by atoms with van der Waals surface area (Å²) in [6.45, 7) is 8.71. The van der Waals surface area contributed by atoms with Crippen molar-refractivity contribution in [2.75, 3.05) is 14.2 Å². The first-order chi connectivity index (χ1) is 9.54. The van der Waals surface area contributed by atoms with Crippen molar-refractivity contribution in [2.24, 2.45) is 0 Å². The molecule has 0 aliphatic rings. The Balaban J connectivity index is 3.12. The molecule has 2 nitrogen and oxygen atoms in total. The van der Waals surface area contributed by atoms with Crippen LogP contribution in [0.25, 0.3) is 0 Å². The zero-order valence-corrected chi connectivity index (χ0v) is 13.7. The Morgan fingerprint density at radius 2 is 1.85 bits per heavy atom. The minimum absolute atomic E-state index is 0.0464. The van der Waals surface area contributed by atoms with Crippen molar-refractivity contribution in [3.63, 3.8) is 0 Å². The zero-order chi connectivity index (χ0) is 15.1. The highest BCUT2D eigenvalue weighted by Crippen LogP contribution is 2.36. The molecule has 1 aromatic rings. The van der Waals surface area contributed by atoms with Crippen LogP contribution in [0, 0.1) is 0 Å². The molecule has 0 saturated carbocycles. The van der Waals surface area contributed by atoms with E-state index in [-0.39, 0.29) is 6.10 Å². The zero-order valence-electron chi connectivity index (χ0n) is 13.7. The third-order valence-corrected chi connectivity index (χ3v) is 3.77. The van der Waals surface area contributed by atoms with Crippen LogP contribution in [0.15, 0.2) is 29.8 Å². The molecule has 0 spiro atoms. The molecule has 20 heavy (non-hydrogen) atoms. The molecule has 0 amide bonds. The van der Waals surface area contributed by atoms with E-state index in [1.807, 2.05) is 0 Å². The van der Waals surface area contributed by atoms with Gasteiger partial charge in [0.05, 0.1) is 13.2 Å². The van der Waals surface area contributed by atoms with Gasteiger partial charge < -0.3 is 9.47 Å². The number of methoxy groups -OCH3 is 2. The molecule has 0 radical (unpaired) electrons. The van der Waals surface area contributed by atoms with Gasteiger partial charge in [0.25, 0.3) is 0 Å². The smallest absolute Gasteiger partial charge is 0.128 e. The summed E-state index contributed by atoms with van der Waals surface area (Å²) in [7, 11) is 3.51. The van der Waals surface area contributed by atoms with Crippen molar-refractivity contribution in [1.82, 2.24) is 0 Å². The van der Waals surface area contributed by atoms with Gasteiger partial charge in [0.2, 0.25) is 0 Å². The fourth-order valence-corrected chi connectivity index (χ4v) is 2.32. The molecule has 0 saturated heterocycles. The molecule has 2 heteroatoms. The van der Waals surface area contributed by atoms with Gasteiger partial charge >= 0.3 is 0 Å². The van der Waals surface area contributed by atoms with Crippen molar-refractivity contribution in [1.29, 1.82) is 0 Å². The molecule has 0 aliphatic carbocycles. The van der Waals surface area contributed by atoms with Gasteiger partial charge in [-0.3, -0.25) is 0 Å². The molecule has 0 bridgehead atoms. The van der Waals surface area contributed by atoms with Crippen LogP contribution in [0.5, 0.6) is 5.75 Å². The highest BCUT2D eigenvalue weighted by Gasteiger charge is 2.18. The van der Waals surface area contributed by atoms with Gasteiger partial charge in [-0.25, -0.2) is 0 Å². The van der Waals surface area contributed by atoms with Gasteiger partial charge in [0, 0.05) is 12.7 Å². The lowest BCUT2D eigenvalue weighted by molar-refractivity contribution is 0.103. The first-order valence-electron chi connectivity index (χ1n) is 7.40. The Bertz CT molecular complexity index is 447. The van der Waals surface area contributed by atoms with Crippen molar-refractivity contribution in [2.45, 2.75) is 52.6 Å². The first kappa shape index (κ1) is 16.8. The monoisotopic (exact) mass is 276 g/mol. The van der Waals surface area contributed by atoms with E-state index < -0.39 is 0 Å². The van der Waals surface area contributed by atoms with Crippen LogP contribution in [0.2, 0.25) is 0 Å². The number of para-hydroxylation sites is 1. The van der Waals surface area contributed by atoms with Crippen LogP contribution in [0.1, 0.15) is 63.7 Å². The van der Waals surface area contributed by atoms with Crippen LogP contribution in [-0.4, -0.2) is 14.2 Å². The van der Waals surface area contributed by atoms with Crippen LogP contribution in [0.3, 0.4) is 0 Å². The summed E-state index contributed by atoms with van der Waals surface area (Å²) < 4.78 is 11.3. The second kappa shape index (κ2) is 8.11. The van der Waals surface area contributed by atoms with E-state index in [9.17, 15) is 0 Å². The Labute approximate surface area is 123 Å². The number of benzene rings is 1. The normalized spacial score (nSPS) is 13.7.